The number of aryl methyl sites for hydroxylation is 1. The maximum absolute atomic E-state index is 4.35. The molecule has 0 fully saturated rings. The Kier molecular flexibility index (Phi) is 4.39. The number of rotatable bonds is 5. The zero-order valence-electron chi connectivity index (χ0n) is 9.88. The van der Waals surface area contributed by atoms with Gasteiger partial charge in [0.15, 0.2) is 4.34 Å². The van der Waals surface area contributed by atoms with Crippen molar-refractivity contribution < 1.29 is 0 Å². The lowest BCUT2D eigenvalue weighted by Gasteiger charge is -2.11. The van der Waals surface area contributed by atoms with E-state index in [9.17, 15) is 0 Å². The number of nitrogens with one attached hydrogen (secondary N) is 1. The predicted molar refractivity (Wildman–Crippen MR) is 74.9 cm³/mol. The minimum atomic E-state index is 0.475. The second-order valence-electron chi connectivity index (χ2n) is 3.78. The molecular formula is C12H15N3S2. The molecular weight excluding hydrogens is 250 g/mol. The third-order valence-electron chi connectivity index (χ3n) is 2.18. The van der Waals surface area contributed by atoms with Crippen molar-refractivity contribution in [2.24, 2.45) is 0 Å². The van der Waals surface area contributed by atoms with Crippen LogP contribution in [0.4, 0.5) is 5.69 Å². The van der Waals surface area contributed by atoms with E-state index < -0.39 is 0 Å². The summed E-state index contributed by atoms with van der Waals surface area (Å²) in [5.41, 5.74) is 1.16. The van der Waals surface area contributed by atoms with Crippen molar-refractivity contribution in [1.82, 2.24) is 9.36 Å². The van der Waals surface area contributed by atoms with Crippen LogP contribution < -0.4 is 5.32 Å². The summed E-state index contributed by atoms with van der Waals surface area (Å²) in [4.78, 5) is 4.35. The van der Waals surface area contributed by atoms with E-state index in [2.05, 4.69) is 33.7 Å². The summed E-state index contributed by atoms with van der Waals surface area (Å²) in [5.74, 6) is 0.862. The topological polar surface area (TPSA) is 37.8 Å². The van der Waals surface area contributed by atoms with Gasteiger partial charge in [0.05, 0.1) is 0 Å². The SMILES string of the molecule is Cc1nsc(SC(C)CNc2ccccc2)n1. The van der Waals surface area contributed by atoms with Gasteiger partial charge in [0.2, 0.25) is 0 Å². The highest BCUT2D eigenvalue weighted by molar-refractivity contribution is 8.01. The predicted octanol–water partition coefficient (Wildman–Crippen LogP) is 3.44. The lowest BCUT2D eigenvalue weighted by atomic mass is 10.3. The van der Waals surface area contributed by atoms with Gasteiger partial charge in [-0.25, -0.2) is 4.98 Å². The van der Waals surface area contributed by atoms with Gasteiger partial charge < -0.3 is 5.32 Å². The highest BCUT2D eigenvalue weighted by Crippen LogP contribution is 2.24. The molecule has 0 saturated carbocycles. The monoisotopic (exact) mass is 265 g/mol. The van der Waals surface area contributed by atoms with E-state index in [1.54, 1.807) is 11.8 Å². The molecule has 2 rings (SSSR count). The highest BCUT2D eigenvalue weighted by Gasteiger charge is 2.07. The molecule has 0 spiro atoms. The van der Waals surface area contributed by atoms with Gasteiger partial charge in [-0.1, -0.05) is 36.9 Å². The van der Waals surface area contributed by atoms with Crippen LogP contribution in [0.25, 0.3) is 0 Å². The van der Waals surface area contributed by atoms with Crippen molar-refractivity contribution in [2.45, 2.75) is 23.4 Å². The summed E-state index contributed by atoms with van der Waals surface area (Å²) < 4.78 is 5.22. The minimum Gasteiger partial charge on any atom is -0.384 e. The summed E-state index contributed by atoms with van der Waals surface area (Å²) in [6, 6.07) is 10.2. The lowest BCUT2D eigenvalue weighted by molar-refractivity contribution is 0.993. The highest BCUT2D eigenvalue weighted by atomic mass is 32.2. The molecule has 0 aliphatic rings. The first-order valence-electron chi connectivity index (χ1n) is 5.50. The first-order chi connectivity index (χ1) is 8.24. The zero-order valence-corrected chi connectivity index (χ0v) is 11.5. The van der Waals surface area contributed by atoms with Gasteiger partial charge in [0, 0.05) is 17.5 Å². The van der Waals surface area contributed by atoms with E-state index in [1.807, 2.05) is 25.1 Å². The molecule has 1 unspecified atom stereocenters. The van der Waals surface area contributed by atoms with Crippen LogP contribution in [0.1, 0.15) is 12.7 Å². The van der Waals surface area contributed by atoms with E-state index in [-0.39, 0.29) is 0 Å². The smallest absolute Gasteiger partial charge is 0.170 e. The van der Waals surface area contributed by atoms with Crippen LogP contribution >= 0.6 is 23.3 Å². The van der Waals surface area contributed by atoms with E-state index in [0.717, 1.165) is 22.4 Å². The van der Waals surface area contributed by atoms with E-state index in [4.69, 9.17) is 0 Å². The molecule has 0 aliphatic heterocycles. The van der Waals surface area contributed by atoms with Gasteiger partial charge in [-0.3, -0.25) is 0 Å². The van der Waals surface area contributed by atoms with Crippen molar-refractivity contribution in [3.05, 3.63) is 36.2 Å². The molecule has 0 saturated heterocycles. The van der Waals surface area contributed by atoms with Gasteiger partial charge in [0.25, 0.3) is 0 Å². The normalized spacial score (nSPS) is 12.4. The lowest BCUT2D eigenvalue weighted by Crippen LogP contribution is -2.12. The summed E-state index contributed by atoms with van der Waals surface area (Å²) in [6.07, 6.45) is 0. The van der Waals surface area contributed by atoms with Gasteiger partial charge in [-0.15, -0.1) is 0 Å². The number of hydrogen-bond acceptors (Lipinski definition) is 5. The molecule has 90 valence electrons. The Morgan fingerprint density at radius 2 is 2.12 bits per heavy atom. The minimum absolute atomic E-state index is 0.475. The standard InChI is InChI=1S/C12H15N3S2/c1-9(16-12-14-10(2)15-17-12)8-13-11-6-4-3-5-7-11/h3-7,9,13H,8H2,1-2H3. The second kappa shape index (κ2) is 6.02. The Morgan fingerprint density at radius 3 is 2.76 bits per heavy atom. The fraction of sp³-hybridized carbons (Fsp3) is 0.333. The molecule has 1 N–H and O–H groups in total. The van der Waals surface area contributed by atoms with E-state index in [1.165, 1.54) is 11.5 Å². The van der Waals surface area contributed by atoms with Gasteiger partial charge in [0.1, 0.15) is 5.82 Å². The van der Waals surface area contributed by atoms with Gasteiger partial charge in [-0.05, 0) is 30.6 Å². The Balaban J connectivity index is 1.80. The van der Waals surface area contributed by atoms with Crippen molar-refractivity contribution >= 4 is 29.0 Å². The van der Waals surface area contributed by atoms with E-state index >= 15 is 0 Å². The molecule has 5 heteroatoms. The summed E-state index contributed by atoms with van der Waals surface area (Å²) in [6.45, 7) is 5.04. The van der Waals surface area contributed by atoms with Crippen LogP contribution in [0.15, 0.2) is 34.7 Å². The molecule has 0 radical (unpaired) electrons. The number of hydrogen-bond donors (Lipinski definition) is 1. The molecule has 0 aliphatic carbocycles. The molecule has 17 heavy (non-hydrogen) atoms. The number of nitrogens with zero attached hydrogens (tertiary/aromatic N) is 2. The average molecular weight is 265 g/mol. The van der Waals surface area contributed by atoms with E-state index in [0.29, 0.717) is 5.25 Å². The Morgan fingerprint density at radius 1 is 1.35 bits per heavy atom. The Labute approximate surface area is 110 Å². The third kappa shape index (κ3) is 4.02. The first kappa shape index (κ1) is 12.4. The van der Waals surface area contributed by atoms with Gasteiger partial charge >= 0.3 is 0 Å². The maximum Gasteiger partial charge on any atom is 0.170 e. The Hall–Kier alpha value is -1.07. The van der Waals surface area contributed by atoms with Crippen LogP contribution in [-0.2, 0) is 0 Å². The number of benzene rings is 1. The summed E-state index contributed by atoms with van der Waals surface area (Å²) in [5, 5.41) is 3.88. The van der Waals surface area contributed by atoms with Crippen LogP contribution in [-0.4, -0.2) is 21.2 Å². The average Bonchev–Trinajstić information content (AvgIpc) is 2.73. The largest absolute Gasteiger partial charge is 0.384 e. The first-order valence-corrected chi connectivity index (χ1v) is 7.15. The molecule has 1 atom stereocenters. The van der Waals surface area contributed by atoms with Crippen LogP contribution in [0, 0.1) is 6.92 Å². The van der Waals surface area contributed by atoms with Crippen molar-refractivity contribution in [1.29, 1.82) is 0 Å². The van der Waals surface area contributed by atoms with Crippen LogP contribution in [0.2, 0.25) is 0 Å². The molecule has 1 aromatic heterocycles. The zero-order chi connectivity index (χ0) is 12.1. The van der Waals surface area contributed by atoms with Crippen LogP contribution in [0.3, 0.4) is 0 Å². The number of thioether (sulfide) groups is 1. The fourth-order valence-corrected chi connectivity index (χ4v) is 3.25. The number of aromatic nitrogens is 2. The Bertz CT molecular complexity index is 456. The quantitative estimate of drug-likeness (QED) is 0.840. The third-order valence-corrected chi connectivity index (χ3v) is 4.16. The fourth-order valence-electron chi connectivity index (χ4n) is 1.36. The summed E-state index contributed by atoms with van der Waals surface area (Å²) >= 11 is 3.24. The van der Waals surface area contributed by atoms with Gasteiger partial charge in [-0.2, -0.15) is 4.37 Å². The molecule has 0 bridgehead atoms. The molecule has 3 nitrogen and oxygen atoms in total. The maximum atomic E-state index is 4.35. The number of anilines is 1. The summed E-state index contributed by atoms with van der Waals surface area (Å²) in [7, 11) is 0. The van der Waals surface area contributed by atoms with Crippen molar-refractivity contribution in [2.75, 3.05) is 11.9 Å². The van der Waals surface area contributed by atoms with Crippen LogP contribution in [0.5, 0.6) is 0 Å². The molecule has 0 amide bonds. The number of para-hydroxylation sites is 1. The molecule has 1 aromatic carbocycles. The van der Waals surface area contributed by atoms with Crippen molar-refractivity contribution in [3.63, 3.8) is 0 Å². The second-order valence-corrected chi connectivity index (χ2v) is 6.22. The molecule has 2 aromatic rings. The van der Waals surface area contributed by atoms with Crippen molar-refractivity contribution in [3.8, 4) is 0 Å². The molecule has 1 heterocycles.